The molecule has 0 spiro atoms. The van der Waals surface area contributed by atoms with Gasteiger partial charge in [0.25, 0.3) is 0 Å². The van der Waals surface area contributed by atoms with Crippen molar-refractivity contribution in [2.75, 3.05) is 0 Å². The number of hydrogen-bond donors (Lipinski definition) is 1. The average molecular weight is 286 g/mol. The van der Waals surface area contributed by atoms with Gasteiger partial charge in [0.15, 0.2) is 0 Å². The van der Waals surface area contributed by atoms with Gasteiger partial charge in [-0.25, -0.2) is 4.39 Å². The predicted octanol–water partition coefficient (Wildman–Crippen LogP) is 4.19. The quantitative estimate of drug-likeness (QED) is 0.888. The van der Waals surface area contributed by atoms with Crippen molar-refractivity contribution >= 4 is 24.0 Å². The molecule has 96 valence electrons. The minimum atomic E-state index is -0.181. The monoisotopic (exact) mass is 285 g/mol. The van der Waals surface area contributed by atoms with Crippen LogP contribution in [0.2, 0.25) is 5.02 Å². The molecule has 0 atom stereocenters. The van der Waals surface area contributed by atoms with Gasteiger partial charge in [-0.2, -0.15) is 0 Å². The van der Waals surface area contributed by atoms with Crippen LogP contribution in [-0.2, 0) is 13.1 Å². The van der Waals surface area contributed by atoms with E-state index in [9.17, 15) is 4.39 Å². The van der Waals surface area contributed by atoms with E-state index in [0.717, 1.165) is 10.6 Å². The summed E-state index contributed by atoms with van der Waals surface area (Å²) in [4.78, 5) is 0. The van der Waals surface area contributed by atoms with E-state index in [1.807, 2.05) is 30.3 Å². The molecule has 2 aromatic carbocycles. The van der Waals surface area contributed by atoms with Crippen LogP contribution in [0.1, 0.15) is 11.1 Å². The van der Waals surface area contributed by atoms with Crippen LogP contribution in [0, 0.1) is 5.82 Å². The molecule has 18 heavy (non-hydrogen) atoms. The number of rotatable bonds is 4. The van der Waals surface area contributed by atoms with Gasteiger partial charge in [-0.3, -0.25) is 0 Å². The molecule has 1 N–H and O–H groups in total. The zero-order chi connectivity index (χ0) is 12.1. The first-order valence-corrected chi connectivity index (χ1v) is 5.82. The molecule has 0 aromatic heterocycles. The number of benzene rings is 2. The summed E-state index contributed by atoms with van der Waals surface area (Å²) in [6, 6.07) is 14.4. The lowest BCUT2D eigenvalue weighted by atomic mass is 10.2. The van der Waals surface area contributed by atoms with Crippen LogP contribution in [0.25, 0.3) is 0 Å². The lowest BCUT2D eigenvalue weighted by molar-refractivity contribution is 0.588. The molecule has 0 aliphatic heterocycles. The molecular formula is C14H14Cl2FN. The van der Waals surface area contributed by atoms with Crippen molar-refractivity contribution in [1.29, 1.82) is 0 Å². The van der Waals surface area contributed by atoms with Crippen LogP contribution in [0.15, 0.2) is 48.5 Å². The maximum atomic E-state index is 13.3. The van der Waals surface area contributed by atoms with Gasteiger partial charge >= 0.3 is 0 Å². The summed E-state index contributed by atoms with van der Waals surface area (Å²) in [5.41, 5.74) is 1.69. The Morgan fingerprint density at radius 2 is 1.44 bits per heavy atom. The maximum Gasteiger partial charge on any atom is 0.127 e. The summed E-state index contributed by atoms with van der Waals surface area (Å²) < 4.78 is 13.3. The Bertz CT molecular complexity index is 457. The first-order valence-electron chi connectivity index (χ1n) is 5.45. The summed E-state index contributed by atoms with van der Waals surface area (Å²) in [5, 5.41) is 3.91. The molecule has 0 unspecified atom stereocenters. The highest BCUT2D eigenvalue weighted by atomic mass is 35.5. The van der Waals surface area contributed by atoms with E-state index in [1.54, 1.807) is 12.1 Å². The first kappa shape index (κ1) is 15.0. The molecular weight excluding hydrogens is 272 g/mol. The largest absolute Gasteiger partial charge is 0.308 e. The molecule has 2 rings (SSSR count). The highest BCUT2D eigenvalue weighted by molar-refractivity contribution is 6.31. The normalized spacial score (nSPS) is 9.89. The van der Waals surface area contributed by atoms with Crippen LogP contribution >= 0.6 is 24.0 Å². The van der Waals surface area contributed by atoms with E-state index in [-0.39, 0.29) is 18.2 Å². The molecule has 0 fully saturated rings. The van der Waals surface area contributed by atoms with Crippen LogP contribution in [-0.4, -0.2) is 0 Å². The second-order valence-electron chi connectivity index (χ2n) is 3.79. The lowest BCUT2D eigenvalue weighted by Crippen LogP contribution is -2.13. The van der Waals surface area contributed by atoms with Crippen LogP contribution < -0.4 is 5.32 Å². The Kier molecular flexibility index (Phi) is 6.13. The zero-order valence-corrected chi connectivity index (χ0v) is 11.3. The average Bonchev–Trinajstić information content (AvgIpc) is 2.34. The second kappa shape index (κ2) is 7.37. The minimum absolute atomic E-state index is 0. The smallest absolute Gasteiger partial charge is 0.127 e. The summed E-state index contributed by atoms with van der Waals surface area (Å²) in [5.74, 6) is -0.181. The van der Waals surface area contributed by atoms with Gasteiger partial charge in [0, 0.05) is 23.7 Å². The van der Waals surface area contributed by atoms with Gasteiger partial charge < -0.3 is 5.32 Å². The maximum absolute atomic E-state index is 13.3. The Morgan fingerprint density at radius 1 is 0.889 bits per heavy atom. The molecule has 0 heterocycles. The second-order valence-corrected chi connectivity index (χ2v) is 4.19. The van der Waals surface area contributed by atoms with Gasteiger partial charge in [0.1, 0.15) is 5.82 Å². The summed E-state index contributed by atoms with van der Waals surface area (Å²) >= 11 is 6.02. The third-order valence-corrected chi connectivity index (χ3v) is 2.92. The van der Waals surface area contributed by atoms with Crippen LogP contribution in [0.4, 0.5) is 4.39 Å². The first-order chi connectivity index (χ1) is 8.27. The Balaban J connectivity index is 0.00000162. The molecule has 0 aliphatic carbocycles. The standard InChI is InChI=1S/C14H13ClFN.ClH/c15-13-7-3-1-5-11(13)9-17-10-12-6-2-4-8-14(12)16;/h1-8,17H,9-10H2;1H. The van der Waals surface area contributed by atoms with Crippen molar-refractivity contribution < 1.29 is 4.39 Å². The van der Waals surface area contributed by atoms with E-state index in [4.69, 9.17) is 11.6 Å². The Hall–Kier alpha value is -1.09. The van der Waals surface area contributed by atoms with Crippen molar-refractivity contribution in [3.8, 4) is 0 Å². The van der Waals surface area contributed by atoms with E-state index in [2.05, 4.69) is 5.32 Å². The van der Waals surface area contributed by atoms with Gasteiger partial charge in [-0.05, 0) is 17.7 Å². The van der Waals surface area contributed by atoms with E-state index >= 15 is 0 Å². The fourth-order valence-electron chi connectivity index (χ4n) is 1.62. The van der Waals surface area contributed by atoms with Crippen molar-refractivity contribution in [2.24, 2.45) is 0 Å². The molecule has 0 amide bonds. The third-order valence-electron chi connectivity index (χ3n) is 2.55. The highest BCUT2D eigenvalue weighted by Gasteiger charge is 2.01. The number of nitrogens with one attached hydrogen (secondary N) is 1. The van der Waals surface area contributed by atoms with Crippen molar-refractivity contribution in [1.82, 2.24) is 5.32 Å². The van der Waals surface area contributed by atoms with Gasteiger partial charge in [-0.1, -0.05) is 48.0 Å². The van der Waals surface area contributed by atoms with E-state index in [0.29, 0.717) is 18.7 Å². The zero-order valence-electron chi connectivity index (χ0n) is 9.70. The van der Waals surface area contributed by atoms with Crippen molar-refractivity contribution in [3.63, 3.8) is 0 Å². The van der Waals surface area contributed by atoms with Crippen LogP contribution in [0.3, 0.4) is 0 Å². The number of hydrogen-bond acceptors (Lipinski definition) is 1. The molecule has 0 bridgehead atoms. The molecule has 0 aliphatic rings. The van der Waals surface area contributed by atoms with Gasteiger partial charge in [0.2, 0.25) is 0 Å². The van der Waals surface area contributed by atoms with Crippen molar-refractivity contribution in [2.45, 2.75) is 13.1 Å². The topological polar surface area (TPSA) is 12.0 Å². The van der Waals surface area contributed by atoms with Gasteiger partial charge in [-0.15, -0.1) is 12.4 Å². The molecule has 2 aromatic rings. The Labute approximate surface area is 117 Å². The van der Waals surface area contributed by atoms with E-state index in [1.165, 1.54) is 6.07 Å². The van der Waals surface area contributed by atoms with Crippen LogP contribution in [0.5, 0.6) is 0 Å². The lowest BCUT2D eigenvalue weighted by Gasteiger charge is -2.07. The van der Waals surface area contributed by atoms with E-state index < -0.39 is 0 Å². The summed E-state index contributed by atoms with van der Waals surface area (Å²) in [7, 11) is 0. The van der Waals surface area contributed by atoms with Gasteiger partial charge in [0.05, 0.1) is 0 Å². The molecule has 0 saturated heterocycles. The Morgan fingerprint density at radius 3 is 2.11 bits per heavy atom. The molecule has 1 nitrogen and oxygen atoms in total. The highest BCUT2D eigenvalue weighted by Crippen LogP contribution is 2.14. The summed E-state index contributed by atoms with van der Waals surface area (Å²) in [6.45, 7) is 1.13. The van der Waals surface area contributed by atoms with Crippen molar-refractivity contribution in [3.05, 3.63) is 70.5 Å². The molecule has 4 heteroatoms. The minimum Gasteiger partial charge on any atom is -0.308 e. The summed E-state index contributed by atoms with van der Waals surface area (Å²) in [6.07, 6.45) is 0. The number of halogens is 3. The fraction of sp³-hybridized carbons (Fsp3) is 0.143. The molecule has 0 radical (unpaired) electrons. The SMILES string of the molecule is Cl.Fc1ccccc1CNCc1ccccc1Cl. The predicted molar refractivity (Wildman–Crippen MR) is 75.6 cm³/mol. The fourth-order valence-corrected chi connectivity index (χ4v) is 1.82. The third kappa shape index (κ3) is 3.98. The molecule has 0 saturated carbocycles.